The minimum Gasteiger partial charge on any atom is -0.379 e. The van der Waals surface area contributed by atoms with Gasteiger partial charge in [0.25, 0.3) is 0 Å². The van der Waals surface area contributed by atoms with E-state index in [1.807, 2.05) is 6.92 Å². The molecule has 0 aliphatic rings. The first-order valence-corrected chi connectivity index (χ1v) is 7.06. The molecule has 1 unspecified atom stereocenters. The van der Waals surface area contributed by atoms with Gasteiger partial charge in [-0.15, -0.1) is 0 Å². The van der Waals surface area contributed by atoms with E-state index in [0.717, 1.165) is 6.42 Å². The van der Waals surface area contributed by atoms with Gasteiger partial charge in [0.15, 0.2) is 0 Å². The molecule has 120 valence electrons. The van der Waals surface area contributed by atoms with Crippen LogP contribution >= 0.6 is 0 Å². The Hall–Kier alpha value is -1.14. The Bertz CT molecular complexity index is 409. The molecule has 2 nitrogen and oxygen atoms in total. The number of benzene rings is 1. The third-order valence-electron chi connectivity index (χ3n) is 2.95. The lowest BCUT2D eigenvalue weighted by molar-refractivity contribution is -0.138. The van der Waals surface area contributed by atoms with E-state index >= 15 is 0 Å². The highest BCUT2D eigenvalue weighted by molar-refractivity contribution is 5.21. The molecule has 1 N–H and O–H groups in total. The van der Waals surface area contributed by atoms with E-state index in [9.17, 15) is 17.6 Å². The summed E-state index contributed by atoms with van der Waals surface area (Å²) in [4.78, 5) is 0. The first-order chi connectivity index (χ1) is 9.94. The molecular formula is C15H21F4NO. The summed E-state index contributed by atoms with van der Waals surface area (Å²) >= 11 is 0. The molecule has 0 aliphatic carbocycles. The second kappa shape index (κ2) is 9.00. The Balaban J connectivity index is 2.46. The normalized spacial score (nSPS) is 13.4. The molecule has 0 amide bonds. The highest BCUT2D eigenvalue weighted by atomic mass is 19.4. The van der Waals surface area contributed by atoms with Crippen LogP contribution in [0, 0.1) is 5.82 Å². The molecule has 0 radical (unpaired) electrons. The van der Waals surface area contributed by atoms with Gasteiger partial charge in [0.2, 0.25) is 0 Å². The van der Waals surface area contributed by atoms with E-state index in [0.29, 0.717) is 12.1 Å². The van der Waals surface area contributed by atoms with Crippen LogP contribution in [0.3, 0.4) is 0 Å². The van der Waals surface area contributed by atoms with Crippen molar-refractivity contribution in [2.45, 2.75) is 38.4 Å². The van der Waals surface area contributed by atoms with Crippen molar-refractivity contribution in [1.82, 2.24) is 5.32 Å². The predicted octanol–water partition coefficient (Wildman–Crippen LogP) is 4.23. The third-order valence-corrected chi connectivity index (χ3v) is 2.95. The Morgan fingerprint density at radius 3 is 2.57 bits per heavy atom. The van der Waals surface area contributed by atoms with E-state index in [1.165, 1.54) is 6.07 Å². The average Bonchev–Trinajstić information content (AvgIpc) is 2.41. The van der Waals surface area contributed by atoms with Crippen LogP contribution in [0.4, 0.5) is 17.6 Å². The number of alkyl halides is 3. The van der Waals surface area contributed by atoms with Crippen LogP contribution in [0.15, 0.2) is 24.3 Å². The molecule has 0 aliphatic heterocycles. The second-order valence-electron chi connectivity index (χ2n) is 4.82. The van der Waals surface area contributed by atoms with Crippen LogP contribution < -0.4 is 5.32 Å². The van der Waals surface area contributed by atoms with Gasteiger partial charge in [-0.05, 0) is 25.5 Å². The van der Waals surface area contributed by atoms with Crippen molar-refractivity contribution in [3.8, 4) is 0 Å². The summed E-state index contributed by atoms with van der Waals surface area (Å²) in [5, 5.41) is 3.15. The third kappa shape index (κ3) is 7.43. The van der Waals surface area contributed by atoms with E-state index < -0.39 is 12.6 Å². The Morgan fingerprint density at radius 2 is 1.95 bits per heavy atom. The zero-order valence-corrected chi connectivity index (χ0v) is 12.0. The molecular weight excluding hydrogens is 286 g/mol. The summed E-state index contributed by atoms with van der Waals surface area (Å²) < 4.78 is 55.0. The Morgan fingerprint density at radius 1 is 1.24 bits per heavy atom. The Kier molecular flexibility index (Phi) is 7.67. The minimum absolute atomic E-state index is 0.0122. The largest absolute Gasteiger partial charge is 0.389 e. The molecule has 21 heavy (non-hydrogen) atoms. The summed E-state index contributed by atoms with van der Waals surface area (Å²) in [5.74, 6) is -0.343. The molecule has 0 saturated carbocycles. The van der Waals surface area contributed by atoms with Gasteiger partial charge in [-0.3, -0.25) is 0 Å². The Labute approximate surface area is 122 Å². The lowest BCUT2D eigenvalue weighted by Gasteiger charge is -2.19. The van der Waals surface area contributed by atoms with Crippen LogP contribution in [0.2, 0.25) is 0 Å². The molecule has 0 spiro atoms. The van der Waals surface area contributed by atoms with Gasteiger partial charge in [-0.25, -0.2) is 4.39 Å². The van der Waals surface area contributed by atoms with Gasteiger partial charge in [-0.1, -0.05) is 25.1 Å². The predicted molar refractivity (Wildman–Crippen MR) is 73.5 cm³/mol. The summed E-state index contributed by atoms with van der Waals surface area (Å²) in [5.41, 5.74) is 0.474. The quantitative estimate of drug-likeness (QED) is 0.544. The lowest BCUT2D eigenvalue weighted by atomic mass is 10.1. The smallest absolute Gasteiger partial charge is 0.379 e. The van der Waals surface area contributed by atoms with Crippen molar-refractivity contribution < 1.29 is 22.3 Å². The van der Waals surface area contributed by atoms with Crippen molar-refractivity contribution in [3.63, 3.8) is 0 Å². The number of halogens is 4. The molecule has 0 saturated heterocycles. The lowest BCUT2D eigenvalue weighted by Crippen LogP contribution is -2.27. The maximum atomic E-state index is 13.8. The fourth-order valence-electron chi connectivity index (χ4n) is 1.91. The van der Waals surface area contributed by atoms with E-state index in [-0.39, 0.29) is 31.5 Å². The first kappa shape index (κ1) is 17.9. The SMILES string of the molecule is CCCNC(COCCCC(F)(F)F)c1ccccc1F. The van der Waals surface area contributed by atoms with Gasteiger partial charge in [0, 0.05) is 18.6 Å². The number of ether oxygens (including phenoxy) is 1. The van der Waals surface area contributed by atoms with Crippen molar-refractivity contribution in [3.05, 3.63) is 35.6 Å². The standard InChI is InChI=1S/C15H21F4NO/c1-2-9-20-14(12-6-3-4-7-13(12)16)11-21-10-5-8-15(17,18)19/h3-4,6-7,14,20H,2,5,8-11H2,1H3. The van der Waals surface area contributed by atoms with Gasteiger partial charge in [0.05, 0.1) is 12.6 Å². The van der Waals surface area contributed by atoms with Crippen LogP contribution in [0.25, 0.3) is 0 Å². The van der Waals surface area contributed by atoms with Crippen molar-refractivity contribution in [2.24, 2.45) is 0 Å². The summed E-state index contributed by atoms with van der Waals surface area (Å²) in [6.07, 6.45) is -4.23. The fourth-order valence-corrected chi connectivity index (χ4v) is 1.91. The molecule has 0 bridgehead atoms. The molecule has 0 heterocycles. The van der Waals surface area contributed by atoms with Crippen LogP contribution in [-0.4, -0.2) is 25.9 Å². The highest BCUT2D eigenvalue weighted by Gasteiger charge is 2.26. The molecule has 1 aromatic carbocycles. The van der Waals surface area contributed by atoms with Gasteiger partial charge < -0.3 is 10.1 Å². The zero-order chi connectivity index (χ0) is 15.7. The van der Waals surface area contributed by atoms with Crippen molar-refractivity contribution in [2.75, 3.05) is 19.8 Å². The number of hydrogen-bond donors (Lipinski definition) is 1. The van der Waals surface area contributed by atoms with E-state index in [4.69, 9.17) is 4.74 Å². The van der Waals surface area contributed by atoms with Crippen LogP contribution in [0.1, 0.15) is 37.8 Å². The molecule has 1 atom stereocenters. The van der Waals surface area contributed by atoms with Crippen LogP contribution in [0.5, 0.6) is 0 Å². The van der Waals surface area contributed by atoms with Crippen LogP contribution in [-0.2, 0) is 4.74 Å². The van der Waals surface area contributed by atoms with Gasteiger partial charge in [-0.2, -0.15) is 13.2 Å². The highest BCUT2D eigenvalue weighted by Crippen LogP contribution is 2.21. The molecule has 6 heteroatoms. The number of rotatable bonds is 9. The van der Waals surface area contributed by atoms with Gasteiger partial charge in [0.1, 0.15) is 5.82 Å². The maximum Gasteiger partial charge on any atom is 0.389 e. The molecule has 1 rings (SSSR count). The molecule has 0 aromatic heterocycles. The zero-order valence-electron chi connectivity index (χ0n) is 12.0. The summed E-state index contributed by atoms with van der Waals surface area (Å²) in [6, 6.07) is 5.99. The number of nitrogens with one attached hydrogen (secondary N) is 1. The van der Waals surface area contributed by atoms with Crippen molar-refractivity contribution >= 4 is 0 Å². The second-order valence-corrected chi connectivity index (χ2v) is 4.82. The summed E-state index contributed by atoms with van der Waals surface area (Å²) in [6.45, 7) is 2.83. The first-order valence-electron chi connectivity index (χ1n) is 7.06. The average molecular weight is 307 g/mol. The molecule has 1 aromatic rings. The fraction of sp³-hybridized carbons (Fsp3) is 0.600. The van der Waals surface area contributed by atoms with Crippen molar-refractivity contribution in [1.29, 1.82) is 0 Å². The molecule has 0 fully saturated rings. The minimum atomic E-state index is -4.16. The van der Waals surface area contributed by atoms with E-state index in [2.05, 4.69) is 5.32 Å². The summed E-state index contributed by atoms with van der Waals surface area (Å²) in [7, 11) is 0. The van der Waals surface area contributed by atoms with Gasteiger partial charge >= 0.3 is 6.18 Å². The maximum absolute atomic E-state index is 13.8. The topological polar surface area (TPSA) is 21.3 Å². The number of hydrogen-bond acceptors (Lipinski definition) is 2. The van der Waals surface area contributed by atoms with E-state index in [1.54, 1.807) is 18.2 Å². The monoisotopic (exact) mass is 307 g/mol.